The van der Waals surface area contributed by atoms with Crippen LogP contribution in [0, 0.1) is 5.92 Å². The van der Waals surface area contributed by atoms with Gasteiger partial charge >= 0.3 is 0 Å². The molecule has 1 aliphatic heterocycles. The van der Waals surface area contributed by atoms with Crippen LogP contribution in [0.2, 0.25) is 0 Å². The van der Waals surface area contributed by atoms with Crippen LogP contribution >= 0.6 is 0 Å². The third-order valence-electron chi connectivity index (χ3n) is 2.91. The van der Waals surface area contributed by atoms with E-state index >= 15 is 0 Å². The summed E-state index contributed by atoms with van der Waals surface area (Å²) in [6.45, 7) is 2.25. The fourth-order valence-corrected chi connectivity index (χ4v) is 1.97. The molecular formula is C10H18N2O. The van der Waals surface area contributed by atoms with Gasteiger partial charge in [-0.25, -0.2) is 0 Å². The molecule has 0 aromatic rings. The van der Waals surface area contributed by atoms with E-state index in [2.05, 4.69) is 17.3 Å². The number of carbonyl (C=O) groups is 1. The molecule has 1 atom stereocenters. The zero-order valence-electron chi connectivity index (χ0n) is 8.25. The van der Waals surface area contributed by atoms with Crippen LogP contribution in [-0.2, 0) is 4.79 Å². The normalized spacial score (nSPS) is 29.2. The Bertz CT molecular complexity index is 201. The lowest BCUT2D eigenvalue weighted by molar-refractivity contribution is -0.122. The molecule has 0 aromatic heterocycles. The van der Waals surface area contributed by atoms with Gasteiger partial charge in [-0.2, -0.15) is 0 Å². The van der Waals surface area contributed by atoms with E-state index in [1.807, 2.05) is 0 Å². The number of hydrogen-bond donors (Lipinski definition) is 1. The van der Waals surface area contributed by atoms with Gasteiger partial charge in [0.2, 0.25) is 5.91 Å². The fourth-order valence-electron chi connectivity index (χ4n) is 1.97. The molecule has 2 aliphatic rings. The Kier molecular flexibility index (Phi) is 2.54. The summed E-state index contributed by atoms with van der Waals surface area (Å²) >= 11 is 0. The van der Waals surface area contributed by atoms with Gasteiger partial charge in [0.15, 0.2) is 0 Å². The average molecular weight is 182 g/mol. The summed E-state index contributed by atoms with van der Waals surface area (Å²) in [6.07, 6.45) is 4.31. The van der Waals surface area contributed by atoms with Gasteiger partial charge in [-0.05, 0) is 38.8 Å². The zero-order valence-corrected chi connectivity index (χ0v) is 8.25. The monoisotopic (exact) mass is 182 g/mol. The molecule has 0 radical (unpaired) electrons. The summed E-state index contributed by atoms with van der Waals surface area (Å²) in [6, 6.07) is 0.520. The van der Waals surface area contributed by atoms with Crippen LogP contribution in [0.1, 0.15) is 25.7 Å². The molecule has 1 aliphatic carbocycles. The van der Waals surface area contributed by atoms with E-state index in [0.717, 1.165) is 19.5 Å². The van der Waals surface area contributed by atoms with E-state index in [1.165, 1.54) is 19.3 Å². The fraction of sp³-hybridized carbons (Fsp3) is 0.900. The summed E-state index contributed by atoms with van der Waals surface area (Å²) in [5.41, 5.74) is 0. The Hall–Kier alpha value is -0.570. The lowest BCUT2D eigenvalue weighted by Crippen LogP contribution is -2.28. The van der Waals surface area contributed by atoms with Crippen LogP contribution in [-0.4, -0.2) is 37.0 Å². The zero-order chi connectivity index (χ0) is 9.26. The second-order valence-electron chi connectivity index (χ2n) is 4.46. The standard InChI is InChI=1S/C10H18N2O/c1-12-5-4-8(7-12)6-10(13)11-9-2-3-9/h8-9H,2-7H2,1H3,(H,11,13). The van der Waals surface area contributed by atoms with Crippen LogP contribution in [0.3, 0.4) is 0 Å². The van der Waals surface area contributed by atoms with Gasteiger partial charge in [-0.3, -0.25) is 4.79 Å². The number of likely N-dealkylation sites (tertiary alicyclic amines) is 1. The second-order valence-corrected chi connectivity index (χ2v) is 4.46. The van der Waals surface area contributed by atoms with Crippen LogP contribution in [0.5, 0.6) is 0 Å². The first kappa shape index (κ1) is 9.00. The molecule has 1 heterocycles. The first-order valence-corrected chi connectivity index (χ1v) is 5.22. The van der Waals surface area contributed by atoms with Crippen molar-refractivity contribution < 1.29 is 4.79 Å². The van der Waals surface area contributed by atoms with Gasteiger partial charge < -0.3 is 10.2 Å². The molecule has 0 aromatic carbocycles. The van der Waals surface area contributed by atoms with Crippen LogP contribution in [0.15, 0.2) is 0 Å². The van der Waals surface area contributed by atoms with Crippen molar-refractivity contribution in [3.63, 3.8) is 0 Å². The quantitative estimate of drug-likeness (QED) is 0.693. The summed E-state index contributed by atoms with van der Waals surface area (Å²) in [5.74, 6) is 0.867. The molecule has 1 saturated carbocycles. The summed E-state index contributed by atoms with van der Waals surface area (Å²) in [5, 5.41) is 3.04. The minimum Gasteiger partial charge on any atom is -0.353 e. The van der Waals surface area contributed by atoms with Crippen molar-refractivity contribution in [2.45, 2.75) is 31.7 Å². The van der Waals surface area contributed by atoms with Crippen LogP contribution in [0.4, 0.5) is 0 Å². The molecule has 2 rings (SSSR count). The number of nitrogens with zero attached hydrogens (tertiary/aromatic N) is 1. The van der Waals surface area contributed by atoms with Crippen molar-refractivity contribution in [2.24, 2.45) is 5.92 Å². The smallest absolute Gasteiger partial charge is 0.220 e. The number of amides is 1. The highest BCUT2D eigenvalue weighted by molar-refractivity contribution is 5.76. The Labute approximate surface area is 79.5 Å². The van der Waals surface area contributed by atoms with E-state index in [-0.39, 0.29) is 5.91 Å². The lowest BCUT2D eigenvalue weighted by Gasteiger charge is -2.09. The summed E-state index contributed by atoms with van der Waals surface area (Å²) in [7, 11) is 2.12. The topological polar surface area (TPSA) is 32.3 Å². The SMILES string of the molecule is CN1CCC(CC(=O)NC2CC2)C1. The molecule has 0 bridgehead atoms. The molecule has 2 fully saturated rings. The molecule has 3 nitrogen and oxygen atoms in total. The predicted molar refractivity (Wildman–Crippen MR) is 51.4 cm³/mol. The van der Waals surface area contributed by atoms with Gasteiger partial charge in [-0.15, -0.1) is 0 Å². The molecule has 0 spiro atoms. The Morgan fingerprint density at radius 3 is 2.77 bits per heavy atom. The molecule has 1 N–H and O–H groups in total. The van der Waals surface area contributed by atoms with Gasteiger partial charge in [0, 0.05) is 19.0 Å². The predicted octanol–water partition coefficient (Wildman–Crippen LogP) is 0.607. The summed E-state index contributed by atoms with van der Waals surface area (Å²) < 4.78 is 0. The summed E-state index contributed by atoms with van der Waals surface area (Å²) in [4.78, 5) is 13.7. The van der Waals surface area contributed by atoms with Gasteiger partial charge in [0.25, 0.3) is 0 Å². The van der Waals surface area contributed by atoms with Gasteiger partial charge in [-0.1, -0.05) is 0 Å². The van der Waals surface area contributed by atoms with E-state index in [0.29, 0.717) is 12.0 Å². The van der Waals surface area contributed by atoms with Crippen molar-refractivity contribution in [1.29, 1.82) is 0 Å². The number of nitrogens with one attached hydrogen (secondary N) is 1. The Morgan fingerprint density at radius 1 is 1.46 bits per heavy atom. The highest BCUT2D eigenvalue weighted by Crippen LogP contribution is 2.21. The molecule has 1 amide bonds. The van der Waals surface area contributed by atoms with E-state index < -0.39 is 0 Å². The Morgan fingerprint density at radius 2 is 2.23 bits per heavy atom. The number of hydrogen-bond acceptors (Lipinski definition) is 2. The number of rotatable bonds is 3. The lowest BCUT2D eigenvalue weighted by atomic mass is 10.0. The van der Waals surface area contributed by atoms with Crippen LogP contribution in [0.25, 0.3) is 0 Å². The highest BCUT2D eigenvalue weighted by Gasteiger charge is 2.26. The van der Waals surface area contributed by atoms with Gasteiger partial charge in [0.05, 0.1) is 0 Å². The minimum absolute atomic E-state index is 0.266. The molecule has 1 unspecified atom stereocenters. The number of carbonyl (C=O) groups excluding carboxylic acids is 1. The van der Waals surface area contributed by atoms with Crippen molar-refractivity contribution in [1.82, 2.24) is 10.2 Å². The second kappa shape index (κ2) is 3.66. The van der Waals surface area contributed by atoms with Crippen molar-refractivity contribution >= 4 is 5.91 Å². The van der Waals surface area contributed by atoms with E-state index in [1.54, 1.807) is 0 Å². The molecule has 74 valence electrons. The highest BCUT2D eigenvalue weighted by atomic mass is 16.1. The van der Waals surface area contributed by atoms with Crippen molar-refractivity contribution in [2.75, 3.05) is 20.1 Å². The Balaban J connectivity index is 1.67. The average Bonchev–Trinajstić information content (AvgIpc) is 2.76. The third kappa shape index (κ3) is 2.69. The maximum absolute atomic E-state index is 11.4. The minimum atomic E-state index is 0.266. The molecule has 3 heteroatoms. The molecular weight excluding hydrogens is 164 g/mol. The van der Waals surface area contributed by atoms with Crippen molar-refractivity contribution in [3.05, 3.63) is 0 Å². The van der Waals surface area contributed by atoms with Crippen molar-refractivity contribution in [3.8, 4) is 0 Å². The van der Waals surface area contributed by atoms with Gasteiger partial charge in [0.1, 0.15) is 0 Å². The maximum atomic E-state index is 11.4. The third-order valence-corrected chi connectivity index (χ3v) is 2.91. The van der Waals surface area contributed by atoms with E-state index in [4.69, 9.17) is 0 Å². The first-order valence-electron chi connectivity index (χ1n) is 5.22. The molecule has 13 heavy (non-hydrogen) atoms. The first-order chi connectivity index (χ1) is 6.24. The van der Waals surface area contributed by atoms with E-state index in [9.17, 15) is 4.79 Å². The van der Waals surface area contributed by atoms with Crippen LogP contribution < -0.4 is 5.32 Å². The largest absolute Gasteiger partial charge is 0.353 e. The molecule has 1 saturated heterocycles. The maximum Gasteiger partial charge on any atom is 0.220 e.